The Kier molecular flexibility index (Phi) is 14.6. The van der Waals surface area contributed by atoms with Gasteiger partial charge in [-0.25, -0.2) is 43.5 Å². The highest BCUT2D eigenvalue weighted by molar-refractivity contribution is 5.94. The number of amides is 6. The molecule has 0 aliphatic heterocycles. The number of imide groups is 3. The lowest BCUT2D eigenvalue weighted by Crippen LogP contribution is -2.48. The molecule has 0 aromatic rings. The zero-order valence-corrected chi connectivity index (χ0v) is 46.3. The molecule has 0 bridgehead atoms. The van der Waals surface area contributed by atoms with Gasteiger partial charge >= 0.3 is 36.6 Å². The number of unbranched alkanes of at least 4 members (excludes halogenated alkanes) is 1. The van der Waals surface area contributed by atoms with E-state index in [9.17, 15) is 43.2 Å². The first-order valence-corrected chi connectivity index (χ1v) is 25.9. The van der Waals surface area contributed by atoms with Gasteiger partial charge in [-0.05, 0) is 168 Å². The van der Waals surface area contributed by atoms with Crippen LogP contribution < -0.4 is 0 Å². The van der Waals surface area contributed by atoms with Crippen molar-refractivity contribution in [2.24, 2.45) is 39.9 Å². The molecule has 10 unspecified atom stereocenters. The van der Waals surface area contributed by atoms with E-state index in [0.29, 0.717) is 25.7 Å². The topological polar surface area (TPSA) is 219 Å². The number of ketones is 3. The molecular weight excluding hydrogens is 931 g/mol. The molecule has 72 heavy (non-hydrogen) atoms. The van der Waals surface area contributed by atoms with Crippen LogP contribution in [0.2, 0.25) is 0 Å². The van der Waals surface area contributed by atoms with Gasteiger partial charge in [-0.15, -0.1) is 0 Å². The van der Waals surface area contributed by atoms with Gasteiger partial charge in [0.15, 0.2) is 0 Å². The fourth-order valence-electron chi connectivity index (χ4n) is 12.7. The van der Waals surface area contributed by atoms with Crippen LogP contribution in [-0.4, -0.2) is 120 Å². The van der Waals surface area contributed by atoms with Crippen molar-refractivity contribution in [1.29, 1.82) is 0 Å². The average Bonchev–Trinajstić information content (AvgIpc) is 3.88. The molecule has 6 aliphatic carbocycles. The largest absolute Gasteiger partial charge is 0.443 e. The van der Waals surface area contributed by atoms with Crippen LogP contribution in [0.4, 0.5) is 28.8 Å². The molecule has 6 fully saturated rings. The third kappa shape index (κ3) is 12.1. The Bertz CT molecular complexity index is 2150. The van der Waals surface area contributed by atoms with E-state index in [0.717, 1.165) is 14.7 Å². The highest BCUT2D eigenvalue weighted by Gasteiger charge is 2.80. The number of hydrogen-bond acceptors (Lipinski definition) is 15. The van der Waals surface area contributed by atoms with Gasteiger partial charge in [-0.1, -0.05) is 12.8 Å². The highest BCUT2D eigenvalue weighted by Crippen LogP contribution is 2.75. The van der Waals surface area contributed by atoms with Crippen LogP contribution in [0.3, 0.4) is 0 Å². The van der Waals surface area contributed by atoms with Gasteiger partial charge in [-0.3, -0.25) is 14.4 Å². The van der Waals surface area contributed by atoms with E-state index in [4.69, 9.17) is 28.4 Å². The molecule has 18 heteroatoms. The average molecular weight is 1010 g/mol. The molecule has 6 rings (SSSR count). The van der Waals surface area contributed by atoms with Crippen LogP contribution in [0.5, 0.6) is 0 Å². The Morgan fingerprint density at radius 3 is 1.08 bits per heavy atom. The summed E-state index contributed by atoms with van der Waals surface area (Å²) in [6.07, 6.45) is -2.75. The van der Waals surface area contributed by atoms with Crippen LogP contribution in [0.25, 0.3) is 0 Å². The predicted octanol–water partition coefficient (Wildman–Crippen LogP) is 11.1. The standard InChI is InChI=1S/C54H83N3O15/c1-46(2,3)67-40(61)55(41(62)68-47(4,5)6)37-34-23-31(58)27-52(34,37)22-20-19-21-30(54-29-33(60)25-36(54)39(54)57(44(65)71-50(13,14)15)45(66)72-51(16,17)18)26-53-28-32(59)24-35(53)38(53)56(42(63)69-48(7,8)9)43(64)70-49(10,11)12/h30,34-39H,19-29H2,1-18H3. The third-order valence-corrected chi connectivity index (χ3v) is 14.8. The van der Waals surface area contributed by atoms with Crippen molar-refractivity contribution in [2.45, 2.75) is 247 Å². The van der Waals surface area contributed by atoms with Gasteiger partial charge < -0.3 is 28.4 Å². The fourth-order valence-corrected chi connectivity index (χ4v) is 12.7. The van der Waals surface area contributed by atoms with Crippen molar-refractivity contribution in [1.82, 2.24) is 14.7 Å². The van der Waals surface area contributed by atoms with Crippen molar-refractivity contribution < 1.29 is 71.6 Å². The summed E-state index contributed by atoms with van der Waals surface area (Å²) in [5.41, 5.74) is -8.53. The molecule has 0 radical (unpaired) electrons. The van der Waals surface area contributed by atoms with Crippen molar-refractivity contribution >= 4 is 53.9 Å². The van der Waals surface area contributed by atoms with Crippen molar-refractivity contribution in [3.05, 3.63) is 0 Å². The molecule has 6 aliphatic rings. The molecule has 404 valence electrons. The molecule has 0 heterocycles. The number of hydrogen-bond donors (Lipinski definition) is 0. The molecule has 10 atom stereocenters. The Labute approximate surface area is 425 Å². The van der Waals surface area contributed by atoms with Crippen molar-refractivity contribution in [3.8, 4) is 0 Å². The monoisotopic (exact) mass is 1010 g/mol. The first-order chi connectivity index (χ1) is 32.5. The lowest BCUT2D eigenvalue weighted by atomic mass is 9.74. The second kappa shape index (κ2) is 18.6. The van der Waals surface area contributed by atoms with Gasteiger partial charge in [0.05, 0.1) is 18.1 Å². The number of ether oxygens (including phenoxy) is 6. The summed E-state index contributed by atoms with van der Waals surface area (Å²) in [5.74, 6) is -1.83. The lowest BCUT2D eigenvalue weighted by molar-refractivity contribution is -0.120. The molecule has 18 nitrogen and oxygen atoms in total. The summed E-state index contributed by atoms with van der Waals surface area (Å²) < 4.78 is 34.8. The maximum atomic E-state index is 14.3. The van der Waals surface area contributed by atoms with Crippen LogP contribution in [0.15, 0.2) is 0 Å². The summed E-state index contributed by atoms with van der Waals surface area (Å²) >= 11 is 0. The van der Waals surface area contributed by atoms with E-state index in [1.807, 2.05) is 0 Å². The SMILES string of the molecule is CC(C)(C)OC(=O)N(C(=O)OC(C)(C)C)C1C2CC(=O)CC21CCCCC(CC12CC(=O)CC1C2N(C(=O)OC(C)(C)C)C(=O)OC(C)(C)C)C12CC(=O)CC1C2N(C(=O)OC(C)(C)C)C(=O)OC(C)(C)C. The Morgan fingerprint density at radius 1 is 0.431 bits per heavy atom. The van der Waals surface area contributed by atoms with Gasteiger partial charge in [0.2, 0.25) is 0 Å². The maximum Gasteiger partial charge on any atom is 0.420 e. The number of rotatable bonds is 11. The molecule has 6 saturated carbocycles. The quantitative estimate of drug-likeness (QED) is 0.139. The van der Waals surface area contributed by atoms with Crippen LogP contribution in [0.1, 0.15) is 195 Å². The summed E-state index contributed by atoms with van der Waals surface area (Å²) in [7, 11) is 0. The fraction of sp³-hybridized carbons (Fsp3) is 0.833. The van der Waals surface area contributed by atoms with Gasteiger partial charge in [0, 0.05) is 54.8 Å². The molecule has 0 aromatic heterocycles. The maximum absolute atomic E-state index is 14.3. The Hall–Kier alpha value is -4.77. The number of carbonyl (C=O) groups is 9. The van der Waals surface area contributed by atoms with Crippen LogP contribution in [-0.2, 0) is 42.8 Å². The second-order valence-electron chi connectivity index (χ2n) is 27.6. The van der Waals surface area contributed by atoms with Gasteiger partial charge in [0.1, 0.15) is 51.0 Å². The van der Waals surface area contributed by atoms with E-state index < -0.39 is 122 Å². The normalized spacial score (nSPS) is 30.0. The zero-order valence-electron chi connectivity index (χ0n) is 46.3. The number of carbonyl (C=O) groups excluding carboxylic acids is 9. The first-order valence-electron chi connectivity index (χ1n) is 25.9. The number of fused-ring (bicyclic) bond motifs is 3. The van der Waals surface area contributed by atoms with E-state index in [2.05, 4.69) is 0 Å². The highest BCUT2D eigenvalue weighted by atomic mass is 16.6. The van der Waals surface area contributed by atoms with E-state index in [1.165, 1.54) is 0 Å². The molecule has 0 spiro atoms. The van der Waals surface area contributed by atoms with Crippen molar-refractivity contribution in [3.63, 3.8) is 0 Å². The first kappa shape index (κ1) is 56.5. The predicted molar refractivity (Wildman–Crippen MR) is 261 cm³/mol. The second-order valence-corrected chi connectivity index (χ2v) is 27.6. The van der Waals surface area contributed by atoms with Gasteiger partial charge in [0.25, 0.3) is 0 Å². The van der Waals surface area contributed by atoms with E-state index in [-0.39, 0.29) is 68.2 Å². The minimum Gasteiger partial charge on any atom is -0.443 e. The molecule has 6 amide bonds. The van der Waals surface area contributed by atoms with Crippen LogP contribution in [0, 0.1) is 39.9 Å². The molecular formula is C54H83N3O15. The van der Waals surface area contributed by atoms with Crippen LogP contribution >= 0.6 is 0 Å². The number of Topliss-reactive ketones (excluding diaryl/α,β-unsaturated/α-hetero) is 3. The minimum absolute atomic E-state index is 0.0135. The van der Waals surface area contributed by atoms with E-state index in [1.54, 1.807) is 125 Å². The Balaban J connectivity index is 1.38. The summed E-state index contributed by atoms with van der Waals surface area (Å²) in [4.78, 5) is 128. The molecule has 0 saturated heterocycles. The molecule has 0 N–H and O–H groups in total. The van der Waals surface area contributed by atoms with Gasteiger partial charge in [-0.2, -0.15) is 0 Å². The minimum atomic E-state index is -1.00. The summed E-state index contributed by atoms with van der Waals surface area (Å²) in [5, 5.41) is 0. The summed E-state index contributed by atoms with van der Waals surface area (Å²) in [6, 6.07) is -2.29. The molecule has 0 aromatic carbocycles. The summed E-state index contributed by atoms with van der Waals surface area (Å²) in [6.45, 7) is 30.4. The van der Waals surface area contributed by atoms with Crippen molar-refractivity contribution in [2.75, 3.05) is 0 Å². The lowest BCUT2D eigenvalue weighted by Gasteiger charge is -2.35. The van der Waals surface area contributed by atoms with E-state index >= 15 is 0 Å². The number of nitrogens with zero attached hydrogens (tertiary/aromatic N) is 3. The Morgan fingerprint density at radius 2 is 0.722 bits per heavy atom. The third-order valence-electron chi connectivity index (χ3n) is 14.8. The zero-order chi connectivity index (χ0) is 54.5. The smallest absolute Gasteiger partial charge is 0.420 e.